The van der Waals surface area contributed by atoms with Crippen LogP contribution in [0.5, 0.6) is 0 Å². The lowest BCUT2D eigenvalue weighted by atomic mass is 9.92. The lowest BCUT2D eigenvalue weighted by molar-refractivity contribution is -0.138. The summed E-state index contributed by atoms with van der Waals surface area (Å²) < 4.78 is 2.77. The van der Waals surface area contributed by atoms with Crippen molar-refractivity contribution in [2.24, 2.45) is 17.8 Å². The average Bonchev–Trinajstić information content (AvgIpc) is 3.48. The molecule has 3 fully saturated rings. The predicted octanol–water partition coefficient (Wildman–Crippen LogP) is 3.10. The van der Waals surface area contributed by atoms with Crippen molar-refractivity contribution in [3.05, 3.63) is 10.6 Å². The van der Waals surface area contributed by atoms with E-state index in [1.54, 1.807) is 0 Å². The fourth-order valence-electron chi connectivity index (χ4n) is 4.24. The first-order chi connectivity index (χ1) is 11.2. The molecule has 23 heavy (non-hydrogen) atoms. The van der Waals surface area contributed by atoms with E-state index in [1.165, 1.54) is 25.7 Å². The van der Waals surface area contributed by atoms with Crippen molar-refractivity contribution in [3.8, 4) is 0 Å². The van der Waals surface area contributed by atoms with Gasteiger partial charge in [-0.1, -0.05) is 0 Å². The number of hydrogen-bond acceptors (Lipinski definition) is 3. The number of carbonyl (C=O) groups excluding carboxylic acids is 1. The summed E-state index contributed by atoms with van der Waals surface area (Å²) in [5.74, 6) is 3.46. The van der Waals surface area contributed by atoms with Gasteiger partial charge in [-0.05, 0) is 69.5 Å². The number of carbonyl (C=O) groups is 1. The minimum Gasteiger partial charge on any atom is -0.342 e. The highest BCUT2D eigenvalue weighted by Gasteiger charge is 2.47. The normalized spacial score (nSPS) is 25.1. The van der Waals surface area contributed by atoms with Gasteiger partial charge in [0, 0.05) is 31.5 Å². The van der Waals surface area contributed by atoms with Crippen molar-refractivity contribution in [2.75, 3.05) is 13.1 Å². The fourth-order valence-corrected chi connectivity index (χ4v) is 4.51. The van der Waals surface area contributed by atoms with E-state index in [2.05, 4.69) is 26.6 Å². The number of hydrogen-bond donors (Lipinski definition) is 1. The maximum absolute atomic E-state index is 13.1. The molecule has 2 heterocycles. The molecule has 1 aromatic heterocycles. The number of nitrogens with zero attached hydrogens (tertiary/aromatic N) is 3. The number of rotatable bonds is 5. The molecule has 1 aliphatic heterocycles. The van der Waals surface area contributed by atoms with Crippen LogP contribution in [0, 0.1) is 22.5 Å². The quantitative estimate of drug-likeness (QED) is 0.842. The molecule has 3 aliphatic rings. The summed E-state index contributed by atoms with van der Waals surface area (Å²) in [5, 5.41) is 7.37. The molecule has 2 aliphatic carbocycles. The van der Waals surface area contributed by atoms with Crippen LogP contribution >= 0.6 is 12.2 Å². The van der Waals surface area contributed by atoms with Crippen molar-refractivity contribution in [1.29, 1.82) is 0 Å². The van der Waals surface area contributed by atoms with Gasteiger partial charge in [0.05, 0.1) is 0 Å². The number of piperidine rings is 1. The standard InChI is InChI=1S/C17H26N4OS/c1-2-21-15(18-19-17(21)23)13-4-3-9-20(10-13)16(22)14(11-5-6-11)12-7-8-12/h11-14H,2-10H2,1H3,(H,19,23). The largest absolute Gasteiger partial charge is 0.342 e. The van der Waals surface area contributed by atoms with Crippen molar-refractivity contribution in [2.45, 2.75) is 57.9 Å². The van der Waals surface area contributed by atoms with Crippen LogP contribution in [0.2, 0.25) is 0 Å². The summed E-state index contributed by atoms with van der Waals surface area (Å²) in [6.45, 7) is 4.66. The van der Waals surface area contributed by atoms with E-state index in [-0.39, 0.29) is 0 Å². The topological polar surface area (TPSA) is 53.9 Å². The number of amides is 1. The maximum atomic E-state index is 13.1. The Morgan fingerprint density at radius 1 is 1.30 bits per heavy atom. The zero-order chi connectivity index (χ0) is 16.0. The Hall–Kier alpha value is -1.17. The Morgan fingerprint density at radius 3 is 2.61 bits per heavy atom. The van der Waals surface area contributed by atoms with Crippen LogP contribution in [-0.2, 0) is 11.3 Å². The third-order valence-corrected chi connectivity index (χ3v) is 6.06. The number of aromatic amines is 1. The minimum atomic E-state index is 0.319. The maximum Gasteiger partial charge on any atom is 0.226 e. The molecule has 126 valence electrons. The van der Waals surface area contributed by atoms with E-state index < -0.39 is 0 Å². The number of nitrogens with one attached hydrogen (secondary N) is 1. The van der Waals surface area contributed by atoms with Crippen LogP contribution in [0.4, 0.5) is 0 Å². The van der Waals surface area contributed by atoms with Gasteiger partial charge >= 0.3 is 0 Å². The van der Waals surface area contributed by atoms with E-state index in [0.717, 1.165) is 38.3 Å². The number of likely N-dealkylation sites (tertiary alicyclic amines) is 1. The Balaban J connectivity index is 1.50. The molecule has 5 nitrogen and oxygen atoms in total. The summed E-state index contributed by atoms with van der Waals surface area (Å²) in [6.07, 6.45) is 7.22. The molecule has 1 atom stereocenters. The molecule has 0 spiro atoms. The first-order valence-electron chi connectivity index (χ1n) is 9.13. The average molecular weight is 334 g/mol. The van der Waals surface area contributed by atoms with Crippen LogP contribution in [0.15, 0.2) is 0 Å². The second-order valence-corrected chi connectivity index (χ2v) is 7.84. The van der Waals surface area contributed by atoms with E-state index in [0.29, 0.717) is 34.3 Å². The lowest BCUT2D eigenvalue weighted by Crippen LogP contribution is -2.44. The monoisotopic (exact) mass is 334 g/mol. The molecule has 0 bridgehead atoms. The van der Waals surface area contributed by atoms with Gasteiger partial charge in [-0.3, -0.25) is 9.89 Å². The lowest BCUT2D eigenvalue weighted by Gasteiger charge is -2.35. The van der Waals surface area contributed by atoms with Crippen molar-refractivity contribution in [1.82, 2.24) is 19.7 Å². The number of H-pyrrole nitrogens is 1. The van der Waals surface area contributed by atoms with E-state index in [4.69, 9.17) is 12.2 Å². The highest BCUT2D eigenvalue weighted by Crippen LogP contribution is 2.50. The molecule has 1 saturated heterocycles. The summed E-state index contributed by atoms with van der Waals surface area (Å²) >= 11 is 5.31. The molecule has 1 unspecified atom stereocenters. The van der Waals surface area contributed by atoms with E-state index in [9.17, 15) is 4.79 Å². The van der Waals surface area contributed by atoms with Gasteiger partial charge in [0.15, 0.2) is 4.77 Å². The second kappa shape index (κ2) is 6.04. The molecule has 0 aromatic carbocycles. The second-order valence-electron chi connectivity index (χ2n) is 7.46. The zero-order valence-corrected chi connectivity index (χ0v) is 14.6. The molecule has 0 radical (unpaired) electrons. The molecule has 1 amide bonds. The Morgan fingerprint density at radius 2 is 2.00 bits per heavy atom. The molecule has 6 heteroatoms. The molecule has 4 rings (SSSR count). The predicted molar refractivity (Wildman–Crippen MR) is 90.6 cm³/mol. The van der Waals surface area contributed by atoms with Gasteiger partial charge in [-0.2, -0.15) is 5.10 Å². The highest BCUT2D eigenvalue weighted by atomic mass is 32.1. The van der Waals surface area contributed by atoms with E-state index >= 15 is 0 Å². The Labute approximate surface area is 142 Å². The van der Waals surface area contributed by atoms with Gasteiger partial charge in [0.25, 0.3) is 0 Å². The smallest absolute Gasteiger partial charge is 0.226 e. The third-order valence-electron chi connectivity index (χ3n) is 5.75. The molecular formula is C17H26N4OS. The summed E-state index contributed by atoms with van der Waals surface area (Å²) in [4.78, 5) is 15.2. The SMILES string of the molecule is CCn1c(C2CCCN(C(=O)C(C3CC3)C3CC3)C2)n[nH]c1=S. The summed E-state index contributed by atoms with van der Waals surface area (Å²) in [7, 11) is 0. The molecule has 1 N–H and O–H groups in total. The summed E-state index contributed by atoms with van der Waals surface area (Å²) in [5.41, 5.74) is 0. The first kappa shape index (κ1) is 15.4. The first-order valence-corrected chi connectivity index (χ1v) is 9.53. The summed E-state index contributed by atoms with van der Waals surface area (Å²) in [6, 6.07) is 0. The number of aromatic nitrogens is 3. The highest BCUT2D eigenvalue weighted by molar-refractivity contribution is 7.71. The van der Waals surface area contributed by atoms with Gasteiger partial charge < -0.3 is 9.47 Å². The van der Waals surface area contributed by atoms with Gasteiger partial charge in [-0.15, -0.1) is 0 Å². The van der Waals surface area contributed by atoms with Gasteiger partial charge in [-0.25, -0.2) is 0 Å². The van der Waals surface area contributed by atoms with Crippen molar-refractivity contribution < 1.29 is 4.79 Å². The minimum absolute atomic E-state index is 0.319. The molecule has 1 aromatic rings. The van der Waals surface area contributed by atoms with Gasteiger partial charge in [0.1, 0.15) is 5.82 Å². The fraction of sp³-hybridized carbons (Fsp3) is 0.824. The zero-order valence-electron chi connectivity index (χ0n) is 13.8. The van der Waals surface area contributed by atoms with Crippen molar-refractivity contribution in [3.63, 3.8) is 0 Å². The van der Waals surface area contributed by atoms with Gasteiger partial charge in [0.2, 0.25) is 5.91 Å². The van der Waals surface area contributed by atoms with Crippen LogP contribution in [0.3, 0.4) is 0 Å². The Kier molecular flexibility index (Phi) is 4.03. The van der Waals surface area contributed by atoms with Crippen LogP contribution in [0.25, 0.3) is 0 Å². The van der Waals surface area contributed by atoms with Crippen LogP contribution in [-0.4, -0.2) is 38.7 Å². The van der Waals surface area contributed by atoms with E-state index in [1.807, 2.05) is 0 Å². The molecular weight excluding hydrogens is 308 g/mol. The third kappa shape index (κ3) is 2.97. The van der Waals surface area contributed by atoms with Crippen LogP contribution < -0.4 is 0 Å². The van der Waals surface area contributed by atoms with Crippen molar-refractivity contribution >= 4 is 18.1 Å². The molecule has 2 saturated carbocycles. The van der Waals surface area contributed by atoms with Crippen LogP contribution in [0.1, 0.15) is 57.2 Å². The Bertz CT molecular complexity index is 631.